The Morgan fingerprint density at radius 3 is 2.16 bits per heavy atom. The summed E-state index contributed by atoms with van der Waals surface area (Å²) in [6.45, 7) is 3.08. The van der Waals surface area contributed by atoms with E-state index in [0.29, 0.717) is 13.2 Å². The minimum absolute atomic E-state index is 0.527. The number of benzene rings is 2. The van der Waals surface area contributed by atoms with Gasteiger partial charge in [0.15, 0.2) is 0 Å². The molecule has 0 heterocycles. The van der Waals surface area contributed by atoms with Gasteiger partial charge in [0.1, 0.15) is 5.84 Å². The molecule has 1 N–H and O–H groups in total. The van der Waals surface area contributed by atoms with Gasteiger partial charge in [-0.1, -0.05) is 60.7 Å². The summed E-state index contributed by atoms with van der Waals surface area (Å²) in [5.74, 6) is 0.778. The van der Waals surface area contributed by atoms with Crippen LogP contribution in [-0.2, 0) is 18.0 Å². The fourth-order valence-electron chi connectivity index (χ4n) is 1.62. The van der Waals surface area contributed by atoms with Gasteiger partial charge in [0.25, 0.3) is 0 Å². The zero-order chi connectivity index (χ0) is 13.3. The topological polar surface area (TPSA) is 33.6 Å². The number of hydrogen-bond acceptors (Lipinski definition) is 2. The van der Waals surface area contributed by atoms with Crippen LogP contribution in [-0.4, -0.2) is 5.84 Å². The number of hydroxylamine groups is 1. The van der Waals surface area contributed by atoms with E-state index in [9.17, 15) is 0 Å². The summed E-state index contributed by atoms with van der Waals surface area (Å²) < 4.78 is 0. The third kappa shape index (κ3) is 4.94. The predicted molar refractivity (Wildman–Crippen MR) is 77.6 cm³/mol. The van der Waals surface area contributed by atoms with Gasteiger partial charge in [0.05, 0.1) is 13.2 Å². The molecule has 2 aromatic rings. The van der Waals surface area contributed by atoms with Crippen LogP contribution in [0.25, 0.3) is 0 Å². The molecule has 0 spiro atoms. The lowest BCUT2D eigenvalue weighted by Gasteiger charge is -2.06. The van der Waals surface area contributed by atoms with Crippen molar-refractivity contribution in [3.8, 4) is 0 Å². The van der Waals surface area contributed by atoms with Gasteiger partial charge in [-0.25, -0.2) is 0 Å². The first-order valence-electron chi connectivity index (χ1n) is 6.31. The third-order valence-electron chi connectivity index (χ3n) is 2.64. The van der Waals surface area contributed by atoms with Crippen molar-refractivity contribution in [3.05, 3.63) is 71.8 Å². The predicted octanol–water partition coefficient (Wildman–Crippen LogP) is 3.33. The van der Waals surface area contributed by atoms with Crippen molar-refractivity contribution in [1.29, 1.82) is 0 Å². The van der Waals surface area contributed by atoms with E-state index in [1.807, 2.05) is 55.5 Å². The molecule has 98 valence electrons. The van der Waals surface area contributed by atoms with Crippen molar-refractivity contribution >= 4 is 5.84 Å². The van der Waals surface area contributed by atoms with Crippen molar-refractivity contribution < 1.29 is 4.84 Å². The van der Waals surface area contributed by atoms with E-state index in [0.717, 1.165) is 11.4 Å². The van der Waals surface area contributed by atoms with E-state index in [2.05, 4.69) is 22.6 Å². The Bertz CT molecular complexity index is 509. The van der Waals surface area contributed by atoms with Crippen molar-refractivity contribution in [1.82, 2.24) is 5.48 Å². The first kappa shape index (κ1) is 13.3. The van der Waals surface area contributed by atoms with Gasteiger partial charge in [-0.15, -0.1) is 0 Å². The van der Waals surface area contributed by atoms with Gasteiger partial charge in [0, 0.05) is 0 Å². The highest BCUT2D eigenvalue weighted by molar-refractivity contribution is 5.78. The molecule has 0 amide bonds. The molecule has 2 aromatic carbocycles. The van der Waals surface area contributed by atoms with E-state index < -0.39 is 0 Å². The molecular weight excluding hydrogens is 236 g/mol. The maximum absolute atomic E-state index is 5.39. The maximum Gasteiger partial charge on any atom is 0.118 e. The molecule has 3 heteroatoms. The summed E-state index contributed by atoms with van der Waals surface area (Å²) in [7, 11) is 0. The van der Waals surface area contributed by atoms with E-state index in [4.69, 9.17) is 4.84 Å². The molecule has 0 aromatic heterocycles. The molecular formula is C16H18N2O. The highest BCUT2D eigenvalue weighted by Crippen LogP contribution is 2.01. The largest absolute Gasteiger partial charge is 0.270 e. The molecule has 0 radical (unpaired) electrons. The third-order valence-corrected chi connectivity index (χ3v) is 2.64. The van der Waals surface area contributed by atoms with Gasteiger partial charge in [0.2, 0.25) is 0 Å². The molecule has 0 saturated heterocycles. The Balaban J connectivity index is 1.74. The molecule has 0 aliphatic heterocycles. The van der Waals surface area contributed by atoms with Crippen LogP contribution in [0, 0.1) is 0 Å². The number of rotatable bonds is 5. The second kappa shape index (κ2) is 7.34. The summed E-state index contributed by atoms with van der Waals surface area (Å²) in [5.41, 5.74) is 5.17. The van der Waals surface area contributed by atoms with Gasteiger partial charge < -0.3 is 0 Å². The number of amidine groups is 1. The summed E-state index contributed by atoms with van der Waals surface area (Å²) in [5, 5.41) is 0. The minimum Gasteiger partial charge on any atom is -0.270 e. The first-order chi connectivity index (χ1) is 9.34. The fraction of sp³-hybridized carbons (Fsp3) is 0.188. The van der Waals surface area contributed by atoms with Crippen molar-refractivity contribution in [2.24, 2.45) is 4.99 Å². The Morgan fingerprint density at radius 1 is 0.947 bits per heavy atom. The molecule has 2 rings (SSSR count). The molecule has 0 atom stereocenters. The van der Waals surface area contributed by atoms with Crippen LogP contribution in [0.15, 0.2) is 65.7 Å². The van der Waals surface area contributed by atoms with Crippen molar-refractivity contribution in [3.63, 3.8) is 0 Å². The molecule has 0 bridgehead atoms. The summed E-state index contributed by atoms with van der Waals surface area (Å²) in [6.07, 6.45) is 0. The van der Waals surface area contributed by atoms with E-state index in [-0.39, 0.29) is 0 Å². The molecule has 0 aliphatic rings. The normalized spacial score (nSPS) is 11.3. The van der Waals surface area contributed by atoms with E-state index >= 15 is 0 Å². The van der Waals surface area contributed by atoms with Crippen LogP contribution in [0.5, 0.6) is 0 Å². The van der Waals surface area contributed by atoms with Crippen LogP contribution in [0.2, 0.25) is 0 Å². The summed E-state index contributed by atoms with van der Waals surface area (Å²) in [6, 6.07) is 20.2. The Hall–Kier alpha value is -2.13. The average molecular weight is 254 g/mol. The molecule has 0 saturated carbocycles. The second-order valence-electron chi connectivity index (χ2n) is 4.26. The maximum atomic E-state index is 5.39. The number of aliphatic imine (C=N–C) groups is 1. The number of nitrogens with zero attached hydrogens (tertiary/aromatic N) is 1. The Labute approximate surface area is 113 Å². The monoisotopic (exact) mass is 254 g/mol. The summed E-state index contributed by atoms with van der Waals surface area (Å²) >= 11 is 0. The Morgan fingerprint density at radius 2 is 1.53 bits per heavy atom. The molecule has 0 fully saturated rings. The quantitative estimate of drug-likeness (QED) is 0.504. The summed E-state index contributed by atoms with van der Waals surface area (Å²) in [4.78, 5) is 9.80. The van der Waals surface area contributed by atoms with Gasteiger partial charge in [-0.05, 0) is 18.1 Å². The lowest BCUT2D eigenvalue weighted by molar-refractivity contribution is 0.0706. The van der Waals surface area contributed by atoms with Crippen LogP contribution in [0.4, 0.5) is 0 Å². The zero-order valence-corrected chi connectivity index (χ0v) is 11.0. The van der Waals surface area contributed by atoms with E-state index in [1.54, 1.807) is 0 Å². The van der Waals surface area contributed by atoms with Crippen LogP contribution >= 0.6 is 0 Å². The fourth-order valence-corrected chi connectivity index (χ4v) is 1.62. The number of nitrogens with one attached hydrogen (secondary N) is 1. The Kier molecular flexibility index (Phi) is 5.14. The standard InChI is InChI=1S/C16H18N2O/c1-14(17-12-15-8-4-2-5-9-15)18-19-13-16-10-6-3-7-11-16/h2-11H,12-13H2,1H3,(H,17,18). The molecule has 3 nitrogen and oxygen atoms in total. The SMILES string of the molecule is CC(=NCc1ccccc1)NOCc1ccccc1. The first-order valence-corrected chi connectivity index (χ1v) is 6.31. The van der Waals surface area contributed by atoms with Crippen LogP contribution in [0.3, 0.4) is 0 Å². The lowest BCUT2D eigenvalue weighted by Crippen LogP contribution is -2.20. The van der Waals surface area contributed by atoms with Gasteiger partial charge in [-0.2, -0.15) is 0 Å². The van der Waals surface area contributed by atoms with Gasteiger partial charge in [-0.3, -0.25) is 15.3 Å². The highest BCUT2D eigenvalue weighted by atomic mass is 16.6. The van der Waals surface area contributed by atoms with Crippen molar-refractivity contribution in [2.45, 2.75) is 20.1 Å². The van der Waals surface area contributed by atoms with Crippen molar-refractivity contribution in [2.75, 3.05) is 0 Å². The average Bonchev–Trinajstić information content (AvgIpc) is 2.47. The van der Waals surface area contributed by atoms with E-state index in [1.165, 1.54) is 5.56 Å². The molecule has 19 heavy (non-hydrogen) atoms. The van der Waals surface area contributed by atoms with Crippen LogP contribution in [0.1, 0.15) is 18.1 Å². The molecule has 0 aliphatic carbocycles. The lowest BCUT2D eigenvalue weighted by atomic mass is 10.2. The highest BCUT2D eigenvalue weighted by Gasteiger charge is 1.94. The second-order valence-corrected chi connectivity index (χ2v) is 4.26. The smallest absolute Gasteiger partial charge is 0.118 e. The van der Waals surface area contributed by atoms with Gasteiger partial charge >= 0.3 is 0 Å². The number of hydrogen-bond donors (Lipinski definition) is 1. The minimum atomic E-state index is 0.527. The molecule has 0 unspecified atom stereocenters. The van der Waals surface area contributed by atoms with Crippen LogP contribution < -0.4 is 5.48 Å². The zero-order valence-electron chi connectivity index (χ0n) is 11.0.